The molecule has 1 aromatic carbocycles. The fourth-order valence-electron chi connectivity index (χ4n) is 1.72. The number of ether oxygens (including phenoxy) is 1. The monoisotopic (exact) mass is 341 g/mol. The Labute approximate surface area is 128 Å². The first-order valence-electron chi connectivity index (χ1n) is 6.31. The molecule has 1 rings (SSSR count). The maximum absolute atomic E-state index is 11.9. The Bertz CT molecular complexity index is 502. The number of rotatable bonds is 3. The van der Waals surface area contributed by atoms with E-state index in [1.165, 1.54) is 0 Å². The minimum absolute atomic E-state index is 0.610. The van der Waals surface area contributed by atoms with Crippen molar-refractivity contribution in [3.8, 4) is 0 Å². The Morgan fingerprint density at radius 2 is 1.85 bits per heavy atom. The van der Waals surface area contributed by atoms with E-state index in [0.29, 0.717) is 11.8 Å². The highest BCUT2D eigenvalue weighted by atomic mass is 79.9. The molecule has 1 atom stereocenters. The van der Waals surface area contributed by atoms with E-state index in [-0.39, 0.29) is 0 Å². The van der Waals surface area contributed by atoms with Gasteiger partial charge in [-0.2, -0.15) is 0 Å². The number of hydrogen-bond donors (Lipinski definition) is 1. The highest BCUT2D eigenvalue weighted by Gasteiger charge is 2.30. The van der Waals surface area contributed by atoms with E-state index in [4.69, 9.17) is 4.74 Å². The van der Waals surface area contributed by atoms with Crippen LogP contribution in [0.15, 0.2) is 22.7 Å². The number of carbonyl (C=O) groups excluding carboxylic acids is 2. The Balaban J connectivity index is 3.02. The maximum atomic E-state index is 11.9. The minimum atomic E-state index is -1.13. The van der Waals surface area contributed by atoms with Gasteiger partial charge < -0.3 is 14.8 Å². The van der Waals surface area contributed by atoms with Gasteiger partial charge >= 0.3 is 6.09 Å². The molecule has 1 amide bonds. The van der Waals surface area contributed by atoms with Crippen molar-refractivity contribution in [2.24, 2.45) is 0 Å². The van der Waals surface area contributed by atoms with Crippen LogP contribution in [0.3, 0.4) is 0 Å². The number of hydrogen-bond acceptors (Lipinski definition) is 3. The number of amides is 1. The molecule has 0 bridgehead atoms. The SMILES string of the molecule is Cc1cc(Br)cc(C(C)(C=O)NC(=O)OC(C)(C)C)c1. The summed E-state index contributed by atoms with van der Waals surface area (Å²) in [4.78, 5) is 23.3. The molecule has 5 heteroatoms. The highest BCUT2D eigenvalue weighted by molar-refractivity contribution is 9.10. The molecule has 1 aromatic rings. The second-order valence-electron chi connectivity index (χ2n) is 5.96. The van der Waals surface area contributed by atoms with Gasteiger partial charge in [-0.1, -0.05) is 22.0 Å². The van der Waals surface area contributed by atoms with Gasteiger partial charge in [0.15, 0.2) is 0 Å². The zero-order valence-electron chi connectivity index (χ0n) is 12.4. The van der Waals surface area contributed by atoms with Crippen LogP contribution >= 0.6 is 15.9 Å². The zero-order chi connectivity index (χ0) is 15.6. The average Bonchev–Trinajstić information content (AvgIpc) is 2.24. The smallest absolute Gasteiger partial charge is 0.408 e. The second kappa shape index (κ2) is 5.95. The Morgan fingerprint density at radius 3 is 2.30 bits per heavy atom. The second-order valence-corrected chi connectivity index (χ2v) is 6.88. The van der Waals surface area contributed by atoms with E-state index in [1.54, 1.807) is 33.8 Å². The molecule has 0 aromatic heterocycles. The molecule has 1 unspecified atom stereocenters. The number of aryl methyl sites for hydroxylation is 1. The lowest BCUT2D eigenvalue weighted by Gasteiger charge is -2.28. The van der Waals surface area contributed by atoms with E-state index in [2.05, 4.69) is 21.2 Å². The van der Waals surface area contributed by atoms with Crippen LogP contribution in [0, 0.1) is 6.92 Å². The lowest BCUT2D eigenvalue weighted by Crippen LogP contribution is -2.47. The summed E-state index contributed by atoms with van der Waals surface area (Å²) in [6.07, 6.45) is 0.0859. The summed E-state index contributed by atoms with van der Waals surface area (Å²) in [6.45, 7) is 8.88. The predicted molar refractivity (Wildman–Crippen MR) is 81.7 cm³/mol. The van der Waals surface area contributed by atoms with E-state index in [9.17, 15) is 9.59 Å². The van der Waals surface area contributed by atoms with Gasteiger partial charge in [0.1, 0.15) is 17.4 Å². The topological polar surface area (TPSA) is 55.4 Å². The summed E-state index contributed by atoms with van der Waals surface area (Å²) in [6, 6.07) is 5.59. The van der Waals surface area contributed by atoms with Crippen LogP contribution in [-0.4, -0.2) is 18.0 Å². The van der Waals surface area contributed by atoms with Crippen LogP contribution in [0.4, 0.5) is 4.79 Å². The lowest BCUT2D eigenvalue weighted by atomic mass is 9.92. The normalized spacial score (nSPS) is 14.3. The van der Waals surface area contributed by atoms with Crippen LogP contribution in [0.2, 0.25) is 0 Å². The van der Waals surface area contributed by atoms with Crippen molar-refractivity contribution in [2.45, 2.75) is 45.8 Å². The van der Waals surface area contributed by atoms with Crippen molar-refractivity contribution >= 4 is 28.3 Å². The zero-order valence-corrected chi connectivity index (χ0v) is 14.0. The Hall–Kier alpha value is -1.36. The predicted octanol–water partition coefficient (Wildman–Crippen LogP) is 3.70. The standard InChI is InChI=1S/C15H20BrNO3/c1-10-6-11(8-12(16)7-10)15(5,9-18)17-13(19)20-14(2,3)4/h6-9H,1-5H3,(H,17,19). The number of halogens is 1. The van der Waals surface area contributed by atoms with Crippen molar-refractivity contribution in [3.05, 3.63) is 33.8 Å². The number of benzene rings is 1. The fourth-order valence-corrected chi connectivity index (χ4v) is 2.33. The first kappa shape index (κ1) is 16.7. The number of carbonyl (C=O) groups is 2. The molecule has 110 valence electrons. The molecule has 0 spiro atoms. The van der Waals surface area contributed by atoms with E-state index in [0.717, 1.165) is 10.0 Å². The Kier molecular flexibility index (Phi) is 4.97. The molecule has 0 radical (unpaired) electrons. The maximum Gasteiger partial charge on any atom is 0.408 e. The first-order valence-corrected chi connectivity index (χ1v) is 7.10. The summed E-state index contributed by atoms with van der Waals surface area (Å²) in [5.74, 6) is 0. The number of alkyl carbamates (subject to hydrolysis) is 1. The summed E-state index contributed by atoms with van der Waals surface area (Å²) < 4.78 is 6.05. The van der Waals surface area contributed by atoms with Gasteiger partial charge in [0.25, 0.3) is 0 Å². The van der Waals surface area contributed by atoms with Crippen LogP contribution < -0.4 is 5.32 Å². The van der Waals surface area contributed by atoms with E-state index < -0.39 is 17.2 Å². The molecule has 20 heavy (non-hydrogen) atoms. The van der Waals surface area contributed by atoms with Gasteiger partial charge in [-0.3, -0.25) is 0 Å². The van der Waals surface area contributed by atoms with Crippen LogP contribution in [0.25, 0.3) is 0 Å². The average molecular weight is 342 g/mol. The summed E-state index contributed by atoms with van der Waals surface area (Å²) >= 11 is 3.39. The van der Waals surface area contributed by atoms with Crippen LogP contribution in [0.1, 0.15) is 38.8 Å². The molecule has 0 aliphatic carbocycles. The molecule has 4 nitrogen and oxygen atoms in total. The van der Waals surface area contributed by atoms with Gasteiger partial charge in [-0.15, -0.1) is 0 Å². The van der Waals surface area contributed by atoms with Crippen molar-refractivity contribution < 1.29 is 14.3 Å². The Morgan fingerprint density at radius 1 is 1.25 bits per heavy atom. The van der Waals surface area contributed by atoms with Gasteiger partial charge in [-0.05, 0) is 57.9 Å². The van der Waals surface area contributed by atoms with Crippen molar-refractivity contribution in [3.63, 3.8) is 0 Å². The molecular weight excluding hydrogens is 322 g/mol. The van der Waals surface area contributed by atoms with Crippen molar-refractivity contribution in [1.29, 1.82) is 0 Å². The van der Waals surface area contributed by atoms with E-state index in [1.807, 2.05) is 19.1 Å². The largest absolute Gasteiger partial charge is 0.444 e. The minimum Gasteiger partial charge on any atom is -0.444 e. The van der Waals surface area contributed by atoms with Crippen molar-refractivity contribution in [1.82, 2.24) is 5.32 Å². The fraction of sp³-hybridized carbons (Fsp3) is 0.467. The lowest BCUT2D eigenvalue weighted by molar-refractivity contribution is -0.113. The summed E-state index contributed by atoms with van der Waals surface area (Å²) in [7, 11) is 0. The van der Waals surface area contributed by atoms with Gasteiger partial charge in [0.2, 0.25) is 0 Å². The third-order valence-electron chi connectivity index (χ3n) is 2.64. The van der Waals surface area contributed by atoms with Crippen LogP contribution in [-0.2, 0) is 15.1 Å². The van der Waals surface area contributed by atoms with Gasteiger partial charge in [0, 0.05) is 4.47 Å². The summed E-state index contributed by atoms with van der Waals surface area (Å²) in [5.41, 5.74) is -0.0449. The highest BCUT2D eigenvalue weighted by Crippen LogP contribution is 2.24. The third kappa shape index (κ3) is 4.63. The molecule has 0 saturated heterocycles. The third-order valence-corrected chi connectivity index (χ3v) is 3.10. The molecule has 0 heterocycles. The first-order chi connectivity index (χ1) is 9.05. The van der Waals surface area contributed by atoms with E-state index >= 15 is 0 Å². The number of aldehydes is 1. The van der Waals surface area contributed by atoms with Gasteiger partial charge in [-0.25, -0.2) is 4.79 Å². The van der Waals surface area contributed by atoms with Crippen LogP contribution in [0.5, 0.6) is 0 Å². The van der Waals surface area contributed by atoms with Crippen molar-refractivity contribution in [2.75, 3.05) is 0 Å². The number of nitrogens with one attached hydrogen (secondary N) is 1. The quantitative estimate of drug-likeness (QED) is 0.853. The summed E-state index contributed by atoms with van der Waals surface area (Å²) in [5, 5.41) is 2.62. The molecule has 1 N–H and O–H groups in total. The molecular formula is C15H20BrNO3. The molecule has 0 aliphatic rings. The van der Waals surface area contributed by atoms with Gasteiger partial charge in [0.05, 0.1) is 0 Å². The molecule has 0 aliphatic heterocycles. The molecule has 0 saturated carbocycles. The molecule has 0 fully saturated rings.